The summed E-state index contributed by atoms with van der Waals surface area (Å²) >= 11 is 1.34. The molecule has 210 valence electrons. The van der Waals surface area contributed by atoms with Gasteiger partial charge in [-0.2, -0.15) is 18.1 Å². The second kappa shape index (κ2) is 25.8. The first-order chi connectivity index (χ1) is 17.9. The van der Waals surface area contributed by atoms with Crippen molar-refractivity contribution in [3.05, 3.63) is 60.0 Å². The van der Waals surface area contributed by atoms with E-state index in [-0.39, 0.29) is 62.0 Å². The van der Waals surface area contributed by atoms with Crippen molar-refractivity contribution in [1.29, 1.82) is 0 Å². The summed E-state index contributed by atoms with van der Waals surface area (Å²) in [6.07, 6.45) is 8.54. The number of nitrogens with zero attached hydrogens (tertiary/aromatic N) is 1. The Morgan fingerprint density at radius 2 is 1.95 bits per heavy atom. The molecule has 0 bridgehead atoms. The standard InChI is InChI=1S/C22H26NO5S.C6H13.CH4O.U/c1-16(2)22(25)28-20-9-5-4-7-18(20)15-21(24)27-13-10-17(8-6-12-26-3)19-11-14-29-23-19;1-3-5-6-4-2;1-2;/h4-5,7-9,14,16H,6,10,12-13,15H2,1-3H3;1,3-6H2,2H3;2H,1H3;/q2*-1;;+2/p+1/b17-8+;;;. The van der Waals surface area contributed by atoms with Gasteiger partial charge in [0.2, 0.25) is 0 Å². The monoisotopic (exact) mass is 772 g/mol. The molecule has 1 aromatic carbocycles. The van der Waals surface area contributed by atoms with Crippen LogP contribution in [0.15, 0.2) is 35.7 Å². The minimum atomic E-state index is -0.372. The third kappa shape index (κ3) is 17.9. The van der Waals surface area contributed by atoms with Crippen LogP contribution in [0.1, 0.15) is 70.6 Å². The van der Waals surface area contributed by atoms with Crippen LogP contribution in [0.4, 0.5) is 0 Å². The fraction of sp³-hybridized carbons (Fsp3) is 0.517. The van der Waals surface area contributed by atoms with Gasteiger partial charge in [0, 0.05) is 19.1 Å². The van der Waals surface area contributed by atoms with Crippen molar-refractivity contribution in [1.82, 2.24) is 4.37 Å². The number of esters is 2. The summed E-state index contributed by atoms with van der Waals surface area (Å²) in [6.45, 7) is 10.4. The first kappa shape index (κ1) is 38.6. The van der Waals surface area contributed by atoms with Crippen molar-refractivity contribution >= 4 is 29.0 Å². The zero-order chi connectivity index (χ0) is 27.9. The van der Waals surface area contributed by atoms with Crippen LogP contribution in [-0.2, 0) is 20.7 Å². The summed E-state index contributed by atoms with van der Waals surface area (Å²) in [4.78, 5) is 24.2. The zero-order valence-electron chi connectivity index (χ0n) is 23.5. The van der Waals surface area contributed by atoms with Gasteiger partial charge >= 0.3 is 43.1 Å². The quantitative estimate of drug-likeness (QED) is 0.0881. The maximum absolute atomic E-state index is 12.3. The van der Waals surface area contributed by atoms with Gasteiger partial charge in [-0.25, -0.2) is 10.4 Å². The van der Waals surface area contributed by atoms with Crippen molar-refractivity contribution in [2.24, 2.45) is 5.92 Å². The largest absolute Gasteiger partial charge is 2.00 e. The van der Waals surface area contributed by atoms with Gasteiger partial charge in [0.05, 0.1) is 18.9 Å². The molecule has 0 aliphatic carbocycles. The Balaban J connectivity index is 0. The number of unbranched alkanes of at least 4 members (excludes halogenated alkanes) is 3. The minimum Gasteiger partial charge on any atom is -0.467 e. The molecule has 0 aliphatic heterocycles. The van der Waals surface area contributed by atoms with Crippen LogP contribution in [0.25, 0.3) is 5.57 Å². The number of rotatable bonds is 14. The number of aromatic nitrogens is 1. The number of aliphatic hydroxyl groups excluding tert-OH is 1. The number of hydrogen-bond donors (Lipinski definition) is 1. The van der Waals surface area contributed by atoms with Gasteiger partial charge < -0.3 is 26.2 Å². The van der Waals surface area contributed by atoms with E-state index in [0.29, 0.717) is 17.7 Å². The molecule has 0 saturated carbocycles. The van der Waals surface area contributed by atoms with Crippen LogP contribution < -0.4 is 4.74 Å². The molecule has 0 fully saturated rings. The molecular weight excluding hydrogens is 728 g/mol. The molecule has 1 aromatic heterocycles. The molecule has 0 aliphatic rings. The van der Waals surface area contributed by atoms with Crippen LogP contribution >= 0.6 is 11.5 Å². The van der Waals surface area contributed by atoms with Gasteiger partial charge in [0.15, 0.2) is 0 Å². The molecule has 0 spiro atoms. The van der Waals surface area contributed by atoms with E-state index in [2.05, 4.69) is 35.1 Å². The molecule has 2 N–H and O–H groups in total. The maximum atomic E-state index is 12.3. The van der Waals surface area contributed by atoms with Gasteiger partial charge in [-0.3, -0.25) is 9.59 Å². The van der Waals surface area contributed by atoms with Crippen molar-refractivity contribution in [3.63, 3.8) is 0 Å². The number of para-hydroxylation sites is 1. The summed E-state index contributed by atoms with van der Waals surface area (Å²) < 4.78 is 19.2. The van der Waals surface area contributed by atoms with E-state index >= 15 is 0 Å². The molecule has 1 heterocycles. The Bertz CT molecular complexity index is 883. The zero-order valence-corrected chi connectivity index (χ0v) is 28.5. The van der Waals surface area contributed by atoms with Crippen LogP contribution in [0.5, 0.6) is 5.75 Å². The molecule has 2 aromatic rings. The van der Waals surface area contributed by atoms with Crippen LogP contribution in [0.2, 0.25) is 0 Å². The van der Waals surface area contributed by atoms with Crippen molar-refractivity contribution < 1.29 is 60.0 Å². The molecule has 7 nitrogen and oxygen atoms in total. The molecular formula is C29H44NO6SU+. The second-order valence-electron chi connectivity index (χ2n) is 8.26. The maximum Gasteiger partial charge on any atom is 2.00 e. The van der Waals surface area contributed by atoms with Gasteiger partial charge in [0.1, 0.15) is 19.5 Å². The van der Waals surface area contributed by atoms with E-state index in [0.717, 1.165) is 37.8 Å². The Kier molecular flexibility index (Phi) is 26.2. The topological polar surface area (TPSA) is 98.5 Å². The molecule has 0 unspecified atom stereocenters. The number of benzene rings is 1. The van der Waals surface area contributed by atoms with Gasteiger partial charge in [-0.05, 0) is 6.07 Å². The minimum absolute atomic E-state index is 0. The van der Waals surface area contributed by atoms with E-state index in [4.69, 9.17) is 14.6 Å². The smallest absolute Gasteiger partial charge is 0.467 e. The first-order valence-electron chi connectivity index (χ1n) is 12.7. The van der Waals surface area contributed by atoms with Crippen molar-refractivity contribution in [2.75, 3.05) is 27.4 Å². The number of carbonyl (C=O) groups excluding carboxylic acids is 2. The number of carbonyl (C=O) groups is 2. The second-order valence-corrected chi connectivity index (χ2v) is 8.89. The molecule has 0 amide bonds. The third-order valence-corrected chi connectivity index (χ3v) is 5.43. The van der Waals surface area contributed by atoms with E-state index in [1.165, 1.54) is 30.8 Å². The Hall–Kier alpha value is -1.50. The fourth-order valence-electron chi connectivity index (χ4n) is 2.91. The number of hydrogen-bond acceptors (Lipinski definition) is 7. The molecule has 38 heavy (non-hydrogen) atoms. The predicted octanol–water partition coefficient (Wildman–Crippen LogP) is 5.62. The predicted molar refractivity (Wildman–Crippen MR) is 150 cm³/mol. The van der Waals surface area contributed by atoms with Crippen LogP contribution in [0.3, 0.4) is 0 Å². The summed E-state index contributed by atoms with van der Waals surface area (Å²) in [5.41, 5.74) is 2.40. The van der Waals surface area contributed by atoms with E-state index < -0.39 is 0 Å². The molecule has 0 saturated heterocycles. The molecule has 0 atom stereocenters. The molecule has 2 rings (SSSR count). The fourth-order valence-corrected chi connectivity index (χ4v) is 3.40. The summed E-state index contributed by atoms with van der Waals surface area (Å²) in [5, 5.41) is 8.80. The van der Waals surface area contributed by atoms with Crippen LogP contribution in [0, 0.1) is 50.0 Å². The van der Waals surface area contributed by atoms with Crippen molar-refractivity contribution in [2.45, 2.75) is 65.7 Å². The third-order valence-electron chi connectivity index (χ3n) is 4.92. The Morgan fingerprint density at radius 1 is 1.24 bits per heavy atom. The first-order valence-corrected chi connectivity index (χ1v) is 13.5. The van der Waals surface area contributed by atoms with Crippen molar-refractivity contribution in [3.8, 4) is 5.75 Å². The Labute approximate surface area is 256 Å². The summed E-state index contributed by atoms with van der Waals surface area (Å²) in [5.74, 6) is -0.561. The van der Waals surface area contributed by atoms with Crippen LogP contribution in [-0.4, -0.2) is 53.6 Å². The normalized spacial score (nSPS) is 10.4. The SMILES string of the molecule is CO.C[OH+]CC/C=C(\CCOC(=O)Cc1ccccc1OC(=O)C(C)C)c1[c-]csn1.[CH2-]CCCCC.[U+2]. The molecule has 0 radical (unpaired) electrons. The summed E-state index contributed by atoms with van der Waals surface area (Å²) in [7, 11) is 2.78. The van der Waals surface area contributed by atoms with Gasteiger partial charge in [-0.15, -0.1) is 0 Å². The van der Waals surface area contributed by atoms with E-state index in [1.807, 2.05) is 0 Å². The number of aliphatic hydroxyl groups is 3. The summed E-state index contributed by atoms with van der Waals surface area (Å²) in [6, 6.07) is 10.1. The molecule has 9 heteroatoms. The Morgan fingerprint density at radius 3 is 2.50 bits per heavy atom. The van der Waals surface area contributed by atoms with E-state index in [1.54, 1.807) is 50.6 Å². The van der Waals surface area contributed by atoms with Gasteiger partial charge in [-0.1, -0.05) is 87.3 Å². The van der Waals surface area contributed by atoms with E-state index in [9.17, 15) is 9.59 Å². The average Bonchev–Trinajstić information content (AvgIpc) is 3.44. The van der Waals surface area contributed by atoms with Gasteiger partial charge in [0.25, 0.3) is 0 Å². The average molecular weight is 773 g/mol. The number of ether oxygens (including phenoxy) is 3.